The highest BCUT2D eigenvalue weighted by Crippen LogP contribution is 2.22. The van der Waals surface area contributed by atoms with Gasteiger partial charge in [-0.2, -0.15) is 0 Å². The van der Waals surface area contributed by atoms with Gasteiger partial charge in [-0.25, -0.2) is 17.5 Å². The van der Waals surface area contributed by atoms with Crippen LogP contribution >= 0.6 is 0 Å². The molecule has 2 aliphatic rings. The second-order valence-corrected chi connectivity index (χ2v) is 9.47. The molecule has 3 rings (SSSR count). The zero-order chi connectivity index (χ0) is 22.3. The van der Waals surface area contributed by atoms with E-state index in [1.165, 1.54) is 18.2 Å². The fourth-order valence-electron chi connectivity index (χ4n) is 3.82. The van der Waals surface area contributed by atoms with Crippen molar-refractivity contribution in [1.29, 1.82) is 0 Å². The van der Waals surface area contributed by atoms with E-state index in [4.69, 9.17) is 9.47 Å². The number of carbonyl (C=O) groups excluding carboxylic acids is 1. The number of benzene rings is 1. The number of nitrogens with zero attached hydrogens (tertiary/aromatic N) is 1. The summed E-state index contributed by atoms with van der Waals surface area (Å²) in [5.74, 6) is -0.926. The quantitative estimate of drug-likeness (QED) is 0.470. The Morgan fingerprint density at radius 3 is 2.68 bits per heavy atom. The Kier molecular flexibility index (Phi) is 8.76. The average Bonchev–Trinajstić information content (AvgIpc) is 2.75. The second-order valence-electron chi connectivity index (χ2n) is 7.74. The third kappa shape index (κ3) is 6.93. The van der Waals surface area contributed by atoms with Crippen LogP contribution in [0.3, 0.4) is 0 Å². The van der Waals surface area contributed by atoms with Crippen LogP contribution in [0.5, 0.6) is 0 Å². The van der Waals surface area contributed by atoms with Crippen LogP contribution < -0.4 is 10.0 Å². The molecule has 3 atom stereocenters. The van der Waals surface area contributed by atoms with Gasteiger partial charge >= 0.3 is 0 Å². The summed E-state index contributed by atoms with van der Waals surface area (Å²) in [6, 6.07) is 4.89. The molecule has 0 aliphatic carbocycles. The van der Waals surface area contributed by atoms with E-state index in [-0.39, 0.29) is 37.7 Å². The molecule has 174 valence electrons. The van der Waals surface area contributed by atoms with Gasteiger partial charge in [0.15, 0.2) is 0 Å². The predicted molar refractivity (Wildman–Crippen MR) is 110 cm³/mol. The molecule has 0 bridgehead atoms. The number of ether oxygens (including phenoxy) is 2. The van der Waals surface area contributed by atoms with Crippen LogP contribution in [0.4, 0.5) is 4.39 Å². The van der Waals surface area contributed by atoms with Gasteiger partial charge in [0.1, 0.15) is 16.8 Å². The van der Waals surface area contributed by atoms with Gasteiger partial charge in [0.2, 0.25) is 15.9 Å². The Labute approximate surface area is 181 Å². The van der Waals surface area contributed by atoms with Crippen LogP contribution in [0, 0.1) is 5.82 Å². The van der Waals surface area contributed by atoms with E-state index in [1.54, 1.807) is 0 Å². The fourth-order valence-corrected chi connectivity index (χ4v) is 4.94. The maximum absolute atomic E-state index is 13.7. The molecule has 3 N–H and O–H groups in total. The molecule has 11 heteroatoms. The highest BCUT2D eigenvalue weighted by Gasteiger charge is 2.32. The van der Waals surface area contributed by atoms with Crippen LogP contribution in [0.1, 0.15) is 19.3 Å². The molecular formula is C20H30FN3O6S. The SMILES string of the molecule is O=C(CN1CCOCC1)N[C@H]1CC[C@H](CCNS(=O)(=O)c2ccccc2F)O[C@H]1CO. The van der Waals surface area contributed by atoms with Crippen molar-refractivity contribution < 1.29 is 32.2 Å². The first-order valence-corrected chi connectivity index (χ1v) is 12.0. The van der Waals surface area contributed by atoms with Crippen molar-refractivity contribution in [3.63, 3.8) is 0 Å². The number of aliphatic hydroxyl groups excluding tert-OH is 1. The molecule has 1 aromatic rings. The summed E-state index contributed by atoms with van der Waals surface area (Å²) in [7, 11) is -3.95. The number of nitrogens with one attached hydrogen (secondary N) is 2. The Bertz CT molecular complexity index is 834. The van der Waals surface area contributed by atoms with E-state index < -0.39 is 26.8 Å². The van der Waals surface area contributed by atoms with Gasteiger partial charge in [-0.1, -0.05) is 12.1 Å². The van der Waals surface area contributed by atoms with Crippen molar-refractivity contribution in [3.8, 4) is 0 Å². The van der Waals surface area contributed by atoms with Crippen LogP contribution in [-0.2, 0) is 24.3 Å². The van der Waals surface area contributed by atoms with E-state index in [9.17, 15) is 22.7 Å². The lowest BCUT2D eigenvalue weighted by Crippen LogP contribution is -2.53. The van der Waals surface area contributed by atoms with Crippen molar-refractivity contribution >= 4 is 15.9 Å². The molecule has 2 aliphatic heterocycles. The van der Waals surface area contributed by atoms with E-state index in [0.29, 0.717) is 45.6 Å². The summed E-state index contributed by atoms with van der Waals surface area (Å²) in [5.41, 5.74) is 0. The topological polar surface area (TPSA) is 117 Å². The number of morpholine rings is 1. The largest absolute Gasteiger partial charge is 0.394 e. The zero-order valence-electron chi connectivity index (χ0n) is 17.3. The van der Waals surface area contributed by atoms with Gasteiger partial charge in [0.25, 0.3) is 0 Å². The maximum atomic E-state index is 13.7. The van der Waals surface area contributed by atoms with Gasteiger partial charge < -0.3 is 19.9 Å². The van der Waals surface area contributed by atoms with Crippen LogP contribution in [0.25, 0.3) is 0 Å². The van der Waals surface area contributed by atoms with Crippen molar-refractivity contribution in [2.24, 2.45) is 0 Å². The number of hydrogen-bond donors (Lipinski definition) is 3. The molecule has 0 unspecified atom stereocenters. The maximum Gasteiger partial charge on any atom is 0.243 e. The fraction of sp³-hybridized carbons (Fsp3) is 0.650. The summed E-state index contributed by atoms with van der Waals surface area (Å²) in [5, 5.41) is 12.6. The summed E-state index contributed by atoms with van der Waals surface area (Å²) >= 11 is 0. The summed E-state index contributed by atoms with van der Waals surface area (Å²) in [6.45, 7) is 2.75. The predicted octanol–water partition coefficient (Wildman–Crippen LogP) is -0.149. The second kappa shape index (κ2) is 11.3. The molecular weight excluding hydrogens is 429 g/mol. The third-order valence-electron chi connectivity index (χ3n) is 5.50. The number of sulfonamides is 1. The molecule has 31 heavy (non-hydrogen) atoms. The smallest absolute Gasteiger partial charge is 0.243 e. The van der Waals surface area contributed by atoms with Gasteiger partial charge in [-0.15, -0.1) is 0 Å². The molecule has 1 amide bonds. The first kappa shape index (κ1) is 24.0. The number of aliphatic hydroxyl groups is 1. The van der Waals surface area contributed by atoms with Crippen LogP contribution in [-0.4, -0.2) is 88.6 Å². The van der Waals surface area contributed by atoms with E-state index in [1.807, 2.05) is 4.90 Å². The summed E-state index contributed by atoms with van der Waals surface area (Å²) in [6.07, 6.45) is 0.771. The van der Waals surface area contributed by atoms with Gasteiger partial charge in [-0.05, 0) is 31.4 Å². The van der Waals surface area contributed by atoms with Crippen LogP contribution in [0.2, 0.25) is 0 Å². The lowest BCUT2D eigenvalue weighted by molar-refractivity contribution is -0.130. The standard InChI is InChI=1S/C20H30FN3O6S/c21-16-3-1-2-4-19(16)31(27,28)22-8-7-15-5-6-17(18(14-25)30-15)23-20(26)13-24-9-11-29-12-10-24/h1-4,15,17-18,22,25H,5-14H2,(H,23,26)/t15-,17+,18+/m1/s1. The minimum atomic E-state index is -3.95. The average molecular weight is 460 g/mol. The monoisotopic (exact) mass is 459 g/mol. The highest BCUT2D eigenvalue weighted by molar-refractivity contribution is 7.89. The normalized spacial score (nSPS) is 25.3. The number of amides is 1. The lowest BCUT2D eigenvalue weighted by Gasteiger charge is -2.36. The Morgan fingerprint density at radius 2 is 1.97 bits per heavy atom. The molecule has 2 heterocycles. The molecule has 0 spiro atoms. The molecule has 2 fully saturated rings. The van der Waals surface area contributed by atoms with Crippen molar-refractivity contribution in [2.45, 2.75) is 42.4 Å². The Hall–Kier alpha value is -1.63. The van der Waals surface area contributed by atoms with E-state index in [0.717, 1.165) is 6.07 Å². The molecule has 0 radical (unpaired) electrons. The van der Waals surface area contributed by atoms with E-state index >= 15 is 0 Å². The van der Waals surface area contributed by atoms with Gasteiger partial charge in [-0.3, -0.25) is 9.69 Å². The Morgan fingerprint density at radius 1 is 1.23 bits per heavy atom. The number of halogens is 1. The number of hydrogen-bond acceptors (Lipinski definition) is 7. The number of carbonyl (C=O) groups is 1. The van der Waals surface area contributed by atoms with Crippen molar-refractivity contribution in [1.82, 2.24) is 14.9 Å². The van der Waals surface area contributed by atoms with Crippen molar-refractivity contribution in [2.75, 3.05) is 46.0 Å². The zero-order valence-corrected chi connectivity index (χ0v) is 18.2. The lowest BCUT2D eigenvalue weighted by atomic mass is 9.97. The minimum Gasteiger partial charge on any atom is -0.394 e. The highest BCUT2D eigenvalue weighted by atomic mass is 32.2. The molecule has 2 saturated heterocycles. The number of rotatable bonds is 9. The first-order valence-electron chi connectivity index (χ1n) is 10.5. The molecule has 1 aromatic carbocycles. The molecule has 0 saturated carbocycles. The first-order chi connectivity index (χ1) is 14.9. The summed E-state index contributed by atoms with van der Waals surface area (Å²) < 4.78 is 51.8. The van der Waals surface area contributed by atoms with Gasteiger partial charge in [0.05, 0.1) is 38.5 Å². The molecule has 9 nitrogen and oxygen atoms in total. The van der Waals surface area contributed by atoms with Gasteiger partial charge in [0, 0.05) is 19.6 Å². The van der Waals surface area contributed by atoms with Crippen molar-refractivity contribution in [3.05, 3.63) is 30.1 Å². The molecule has 0 aromatic heterocycles. The third-order valence-corrected chi connectivity index (χ3v) is 6.99. The summed E-state index contributed by atoms with van der Waals surface area (Å²) in [4.78, 5) is 14.0. The van der Waals surface area contributed by atoms with Crippen LogP contribution in [0.15, 0.2) is 29.2 Å². The van der Waals surface area contributed by atoms with E-state index in [2.05, 4.69) is 10.0 Å². The minimum absolute atomic E-state index is 0.0769. The Balaban J connectivity index is 1.43.